The molecule has 2 fully saturated rings. The zero-order valence-electron chi connectivity index (χ0n) is 19.1. The van der Waals surface area contributed by atoms with Crippen molar-refractivity contribution < 1.29 is 22.4 Å². The molecular weight excluding hydrogens is 472 g/mol. The number of sulfonamides is 1. The molecule has 35 heavy (non-hydrogen) atoms. The molecule has 184 valence electrons. The third-order valence-corrected chi connectivity index (χ3v) is 8.29. The number of hydrogen-bond donors (Lipinski definition) is 1. The fourth-order valence-electron chi connectivity index (χ4n) is 4.60. The summed E-state index contributed by atoms with van der Waals surface area (Å²) in [5.41, 5.74) is 1.90. The molecule has 10 nitrogen and oxygen atoms in total. The van der Waals surface area contributed by atoms with Gasteiger partial charge in [0.05, 0.1) is 17.0 Å². The fraction of sp³-hybridized carbons (Fsp3) is 0.375. The number of carbonyl (C=O) groups is 2. The van der Waals surface area contributed by atoms with Crippen LogP contribution in [0.5, 0.6) is 0 Å². The maximum atomic E-state index is 12.9. The smallest absolute Gasteiger partial charge is 0.408 e. The molecule has 1 N–H and O–H groups in total. The van der Waals surface area contributed by atoms with Gasteiger partial charge in [-0.1, -0.05) is 6.07 Å². The normalized spacial score (nSPS) is 17.6. The SMILES string of the molecule is O=C(Nc1ccc2oc(=O)n(CC(=O)N3CCCCC3)c2c1)c1cccc(N2CCCS2(=O)=O)c1. The molecule has 11 heteroatoms. The van der Waals surface area contributed by atoms with Gasteiger partial charge in [0.25, 0.3) is 5.91 Å². The van der Waals surface area contributed by atoms with Crippen molar-refractivity contribution in [2.24, 2.45) is 0 Å². The van der Waals surface area contributed by atoms with Crippen molar-refractivity contribution in [1.82, 2.24) is 9.47 Å². The molecule has 2 amide bonds. The average molecular weight is 499 g/mol. The Balaban J connectivity index is 1.37. The number of benzene rings is 2. The molecule has 0 aliphatic carbocycles. The molecule has 0 saturated carbocycles. The van der Waals surface area contributed by atoms with Crippen LogP contribution in [-0.2, 0) is 21.4 Å². The summed E-state index contributed by atoms with van der Waals surface area (Å²) in [5.74, 6) is -1.11. The first-order chi connectivity index (χ1) is 16.8. The van der Waals surface area contributed by atoms with Crippen molar-refractivity contribution in [3.63, 3.8) is 0 Å². The van der Waals surface area contributed by atoms with E-state index in [2.05, 4.69) is 5.32 Å². The predicted molar refractivity (Wildman–Crippen MR) is 131 cm³/mol. The lowest BCUT2D eigenvalue weighted by molar-refractivity contribution is -0.132. The fourth-order valence-corrected chi connectivity index (χ4v) is 6.16. The number of piperidine rings is 1. The van der Waals surface area contributed by atoms with Gasteiger partial charge in [0.2, 0.25) is 15.9 Å². The van der Waals surface area contributed by atoms with Crippen molar-refractivity contribution in [3.8, 4) is 0 Å². The Morgan fingerprint density at radius 3 is 2.51 bits per heavy atom. The van der Waals surface area contributed by atoms with Crippen LogP contribution in [0.15, 0.2) is 51.7 Å². The average Bonchev–Trinajstić information content (AvgIpc) is 3.37. The monoisotopic (exact) mass is 498 g/mol. The highest BCUT2D eigenvalue weighted by Gasteiger charge is 2.28. The highest BCUT2D eigenvalue weighted by atomic mass is 32.2. The van der Waals surface area contributed by atoms with Gasteiger partial charge in [-0.2, -0.15) is 0 Å². The molecule has 3 aromatic rings. The first-order valence-corrected chi connectivity index (χ1v) is 13.3. The van der Waals surface area contributed by atoms with Crippen molar-refractivity contribution >= 4 is 44.3 Å². The summed E-state index contributed by atoms with van der Waals surface area (Å²) < 4.78 is 32.3. The minimum absolute atomic E-state index is 0.0934. The topological polar surface area (TPSA) is 122 Å². The van der Waals surface area contributed by atoms with Crippen LogP contribution >= 0.6 is 0 Å². The second-order valence-corrected chi connectivity index (χ2v) is 10.8. The number of nitrogens with zero attached hydrogens (tertiary/aromatic N) is 3. The number of rotatable bonds is 5. The Morgan fingerprint density at radius 1 is 0.971 bits per heavy atom. The minimum atomic E-state index is -3.36. The highest BCUT2D eigenvalue weighted by molar-refractivity contribution is 7.93. The molecule has 1 aromatic heterocycles. The third kappa shape index (κ3) is 4.68. The standard InChI is InChI=1S/C24H26N4O6S/c29-22(26-10-2-1-3-11-26)16-27-20-15-18(8-9-21(20)34-24(27)31)25-23(30)17-6-4-7-19(14-17)28-12-5-13-35(28,32)33/h4,6-9,14-15H,1-3,5,10-13,16H2,(H,25,30). The minimum Gasteiger partial charge on any atom is -0.408 e. The van der Waals surface area contributed by atoms with E-state index in [4.69, 9.17) is 4.42 Å². The van der Waals surface area contributed by atoms with Crippen LogP contribution < -0.4 is 15.4 Å². The van der Waals surface area contributed by atoms with E-state index in [1.165, 1.54) is 8.87 Å². The van der Waals surface area contributed by atoms with Gasteiger partial charge in [0.15, 0.2) is 5.58 Å². The van der Waals surface area contributed by atoms with Crippen molar-refractivity contribution in [1.29, 1.82) is 0 Å². The van der Waals surface area contributed by atoms with Gasteiger partial charge < -0.3 is 14.6 Å². The van der Waals surface area contributed by atoms with Crippen LogP contribution in [0.2, 0.25) is 0 Å². The van der Waals surface area contributed by atoms with Crippen LogP contribution in [0, 0.1) is 0 Å². The molecule has 2 aliphatic rings. The lowest BCUT2D eigenvalue weighted by Gasteiger charge is -2.26. The molecule has 0 bridgehead atoms. The number of hydrogen-bond acceptors (Lipinski definition) is 6. The van der Waals surface area contributed by atoms with Gasteiger partial charge in [-0.3, -0.25) is 18.5 Å². The van der Waals surface area contributed by atoms with Gasteiger partial charge in [0, 0.05) is 30.9 Å². The van der Waals surface area contributed by atoms with E-state index in [0.717, 1.165) is 19.3 Å². The summed E-state index contributed by atoms with van der Waals surface area (Å²) in [6, 6.07) is 11.2. The quantitative estimate of drug-likeness (QED) is 0.577. The number of nitrogens with one attached hydrogen (secondary N) is 1. The van der Waals surface area contributed by atoms with Gasteiger partial charge >= 0.3 is 5.76 Å². The number of amides is 2. The Morgan fingerprint density at radius 2 is 1.77 bits per heavy atom. The van der Waals surface area contributed by atoms with Gasteiger partial charge in [-0.05, 0) is 62.1 Å². The Labute approximate surface area is 202 Å². The maximum absolute atomic E-state index is 12.9. The first-order valence-electron chi connectivity index (χ1n) is 11.6. The molecule has 0 unspecified atom stereocenters. The highest BCUT2D eigenvalue weighted by Crippen LogP contribution is 2.26. The predicted octanol–water partition coefficient (Wildman–Crippen LogP) is 2.40. The number of carbonyl (C=O) groups excluding carboxylic acids is 2. The van der Waals surface area contributed by atoms with Crippen LogP contribution in [0.4, 0.5) is 11.4 Å². The molecule has 2 aliphatic heterocycles. The Kier molecular flexibility index (Phi) is 6.10. The summed E-state index contributed by atoms with van der Waals surface area (Å²) in [6.45, 7) is 1.62. The lowest BCUT2D eigenvalue weighted by atomic mass is 10.1. The zero-order chi connectivity index (χ0) is 24.6. The van der Waals surface area contributed by atoms with Crippen LogP contribution in [-0.4, -0.2) is 55.1 Å². The number of fused-ring (bicyclic) bond motifs is 1. The summed E-state index contributed by atoms with van der Waals surface area (Å²) >= 11 is 0. The van der Waals surface area contributed by atoms with Crippen LogP contribution in [0.1, 0.15) is 36.0 Å². The number of anilines is 2. The van der Waals surface area contributed by atoms with Crippen molar-refractivity contribution in [2.75, 3.05) is 35.0 Å². The summed E-state index contributed by atoms with van der Waals surface area (Å²) in [7, 11) is -3.36. The number of aromatic nitrogens is 1. The van der Waals surface area contributed by atoms with Gasteiger partial charge in [-0.15, -0.1) is 0 Å². The first kappa shape index (κ1) is 23.2. The lowest BCUT2D eigenvalue weighted by Crippen LogP contribution is -2.39. The summed E-state index contributed by atoms with van der Waals surface area (Å²) in [6.07, 6.45) is 3.55. The van der Waals surface area contributed by atoms with E-state index in [0.29, 0.717) is 54.1 Å². The molecule has 0 spiro atoms. The number of oxazole rings is 1. The third-order valence-electron chi connectivity index (χ3n) is 6.42. The maximum Gasteiger partial charge on any atom is 0.420 e. The van der Waals surface area contributed by atoms with E-state index < -0.39 is 21.7 Å². The second kappa shape index (κ2) is 9.21. The molecular formula is C24H26N4O6S. The molecule has 3 heterocycles. The number of likely N-dealkylation sites (tertiary alicyclic amines) is 1. The summed E-state index contributed by atoms with van der Waals surface area (Å²) in [5, 5.41) is 2.78. The van der Waals surface area contributed by atoms with Crippen molar-refractivity contribution in [3.05, 3.63) is 58.6 Å². The molecule has 0 radical (unpaired) electrons. The second-order valence-electron chi connectivity index (χ2n) is 8.82. The van der Waals surface area contributed by atoms with Crippen molar-refractivity contribution in [2.45, 2.75) is 32.2 Å². The molecule has 2 saturated heterocycles. The summed E-state index contributed by atoms with van der Waals surface area (Å²) in [4.78, 5) is 39.8. The zero-order valence-corrected chi connectivity index (χ0v) is 19.9. The van der Waals surface area contributed by atoms with E-state index in [1.807, 2.05) is 0 Å². The van der Waals surface area contributed by atoms with Crippen LogP contribution in [0.3, 0.4) is 0 Å². The van der Waals surface area contributed by atoms with E-state index in [-0.39, 0.29) is 18.2 Å². The largest absolute Gasteiger partial charge is 0.420 e. The van der Waals surface area contributed by atoms with Crippen LogP contribution in [0.25, 0.3) is 11.1 Å². The molecule has 5 rings (SSSR count). The van der Waals surface area contributed by atoms with E-state index in [9.17, 15) is 22.8 Å². The van der Waals surface area contributed by atoms with Gasteiger partial charge in [-0.25, -0.2) is 13.2 Å². The molecule has 0 atom stereocenters. The Hall–Kier alpha value is -3.60. The molecule has 2 aromatic carbocycles. The Bertz CT molecular complexity index is 1450. The van der Waals surface area contributed by atoms with Gasteiger partial charge in [0.1, 0.15) is 6.54 Å². The van der Waals surface area contributed by atoms with E-state index in [1.54, 1.807) is 47.4 Å². The van der Waals surface area contributed by atoms with E-state index >= 15 is 0 Å².